The van der Waals surface area contributed by atoms with Crippen LogP contribution in [0.3, 0.4) is 0 Å². The van der Waals surface area contributed by atoms with Crippen LogP contribution in [0, 0.1) is 0 Å². The van der Waals surface area contributed by atoms with Crippen molar-refractivity contribution in [3.05, 3.63) is 24.3 Å². The molecule has 0 saturated carbocycles. The van der Waals surface area contributed by atoms with E-state index in [9.17, 15) is 4.79 Å². The number of carbonyl (C=O) groups is 1. The van der Waals surface area contributed by atoms with Gasteiger partial charge in [0, 0.05) is 20.2 Å². The molecule has 4 nitrogen and oxygen atoms in total. The van der Waals surface area contributed by atoms with Crippen LogP contribution in [0.1, 0.15) is 12.8 Å². The van der Waals surface area contributed by atoms with Crippen LogP contribution in [-0.2, 0) is 9.53 Å². The van der Waals surface area contributed by atoms with Crippen molar-refractivity contribution in [3.8, 4) is 0 Å². The van der Waals surface area contributed by atoms with Crippen LogP contribution in [-0.4, -0.2) is 47.8 Å². The number of carbonyl (C=O) groups excluding carboxylic acids is 1. The number of methoxy groups -OCH3 is 1. The molecule has 1 amide bonds. The zero-order valence-corrected chi connectivity index (χ0v) is 13.6. The molecule has 112 valence electrons. The molecule has 1 aromatic carbocycles. The molecule has 0 atom stereocenters. The zero-order valence-electron chi connectivity index (χ0n) is 11.9. The molecular weight excluding hydrogens is 304 g/mol. The summed E-state index contributed by atoms with van der Waals surface area (Å²) in [6, 6.07) is 8.07. The number of aromatic nitrogens is 1. The number of rotatable bonds is 4. The predicted octanol–water partition coefficient (Wildman–Crippen LogP) is 3.03. The number of amides is 1. The summed E-state index contributed by atoms with van der Waals surface area (Å²) in [5.74, 6) is 0.672. The summed E-state index contributed by atoms with van der Waals surface area (Å²) in [5, 5.41) is 0. The Morgan fingerprint density at radius 3 is 2.90 bits per heavy atom. The third-order valence-electron chi connectivity index (χ3n) is 3.72. The summed E-state index contributed by atoms with van der Waals surface area (Å²) in [7, 11) is 1.74. The second kappa shape index (κ2) is 6.77. The average Bonchev–Trinajstić information content (AvgIpc) is 2.95. The number of ether oxygens (including phenoxy) is 1. The van der Waals surface area contributed by atoms with E-state index in [2.05, 4.69) is 11.1 Å². The minimum atomic E-state index is 0.203. The number of thiazole rings is 1. The molecule has 0 radical (unpaired) electrons. The van der Waals surface area contributed by atoms with E-state index in [-0.39, 0.29) is 5.91 Å². The lowest BCUT2D eigenvalue weighted by molar-refractivity contribution is -0.130. The monoisotopic (exact) mass is 322 g/mol. The second-order valence-corrected chi connectivity index (χ2v) is 7.31. The topological polar surface area (TPSA) is 42.4 Å². The molecule has 2 heterocycles. The lowest BCUT2D eigenvalue weighted by Gasteiger charge is -2.31. The molecule has 0 spiro atoms. The molecule has 2 aromatic rings. The van der Waals surface area contributed by atoms with Gasteiger partial charge in [0.05, 0.1) is 22.1 Å². The smallest absolute Gasteiger partial charge is 0.233 e. The molecule has 3 rings (SSSR count). The lowest BCUT2D eigenvalue weighted by Crippen LogP contribution is -2.41. The number of piperidine rings is 1. The Morgan fingerprint density at radius 1 is 1.43 bits per heavy atom. The van der Waals surface area contributed by atoms with Gasteiger partial charge in [-0.3, -0.25) is 4.79 Å². The fourth-order valence-corrected chi connectivity index (χ4v) is 4.44. The standard InChI is InChI=1S/C15H18N2O2S2/c1-19-11-6-8-17(9-7-11)14(18)10-20-15-16-12-4-2-3-5-13(12)21-15/h2-5,11H,6-10H2,1H3. The quantitative estimate of drug-likeness (QED) is 0.812. The normalized spacial score (nSPS) is 16.5. The Labute approximate surface area is 132 Å². The third-order valence-corrected chi connectivity index (χ3v) is 5.89. The van der Waals surface area contributed by atoms with Crippen molar-refractivity contribution in [1.29, 1.82) is 0 Å². The first-order valence-electron chi connectivity index (χ1n) is 7.05. The van der Waals surface area contributed by atoms with Gasteiger partial charge in [0.25, 0.3) is 0 Å². The molecule has 1 fully saturated rings. The van der Waals surface area contributed by atoms with Crippen LogP contribution in [0.15, 0.2) is 28.6 Å². The number of thioether (sulfide) groups is 1. The minimum absolute atomic E-state index is 0.203. The zero-order chi connectivity index (χ0) is 14.7. The maximum absolute atomic E-state index is 12.2. The van der Waals surface area contributed by atoms with Crippen molar-refractivity contribution < 1.29 is 9.53 Å². The highest BCUT2D eigenvalue weighted by Crippen LogP contribution is 2.29. The van der Waals surface area contributed by atoms with Crippen LogP contribution in [0.2, 0.25) is 0 Å². The third kappa shape index (κ3) is 3.56. The minimum Gasteiger partial charge on any atom is -0.381 e. The van der Waals surface area contributed by atoms with Crippen molar-refractivity contribution in [2.24, 2.45) is 0 Å². The van der Waals surface area contributed by atoms with Crippen LogP contribution >= 0.6 is 23.1 Å². The summed E-state index contributed by atoms with van der Waals surface area (Å²) < 4.78 is 7.47. The van der Waals surface area contributed by atoms with Crippen molar-refractivity contribution in [2.75, 3.05) is 26.0 Å². The Balaban J connectivity index is 1.54. The van der Waals surface area contributed by atoms with E-state index in [1.54, 1.807) is 18.4 Å². The van der Waals surface area contributed by atoms with Gasteiger partial charge in [0.2, 0.25) is 5.91 Å². The molecule has 1 aliphatic heterocycles. The first-order chi connectivity index (χ1) is 10.3. The van der Waals surface area contributed by atoms with E-state index in [1.165, 1.54) is 16.5 Å². The summed E-state index contributed by atoms with van der Waals surface area (Å²) in [6.07, 6.45) is 2.19. The molecule has 1 aromatic heterocycles. The highest BCUT2D eigenvalue weighted by Gasteiger charge is 2.22. The Bertz CT molecular complexity index is 588. The van der Waals surface area contributed by atoms with Crippen molar-refractivity contribution in [3.63, 3.8) is 0 Å². The molecule has 21 heavy (non-hydrogen) atoms. The van der Waals surface area contributed by atoms with E-state index >= 15 is 0 Å². The highest BCUT2D eigenvalue weighted by atomic mass is 32.2. The van der Waals surface area contributed by atoms with Gasteiger partial charge in [-0.2, -0.15) is 0 Å². The van der Waals surface area contributed by atoms with Gasteiger partial charge in [0.15, 0.2) is 4.34 Å². The van der Waals surface area contributed by atoms with Crippen LogP contribution in [0.5, 0.6) is 0 Å². The van der Waals surface area contributed by atoms with Crippen LogP contribution in [0.4, 0.5) is 0 Å². The van der Waals surface area contributed by atoms with Gasteiger partial charge >= 0.3 is 0 Å². The van der Waals surface area contributed by atoms with E-state index in [1.807, 2.05) is 23.1 Å². The maximum atomic E-state index is 12.2. The van der Waals surface area contributed by atoms with Crippen molar-refractivity contribution >= 4 is 39.2 Å². The number of nitrogens with zero attached hydrogens (tertiary/aromatic N) is 2. The highest BCUT2D eigenvalue weighted by molar-refractivity contribution is 8.01. The average molecular weight is 322 g/mol. The summed E-state index contributed by atoms with van der Waals surface area (Å²) in [4.78, 5) is 18.7. The van der Waals surface area contributed by atoms with Gasteiger partial charge in [-0.25, -0.2) is 4.98 Å². The Hall–Kier alpha value is -1.11. The molecule has 0 N–H and O–H groups in total. The molecular formula is C15H18N2O2S2. The van der Waals surface area contributed by atoms with E-state index in [0.717, 1.165) is 35.8 Å². The molecule has 6 heteroatoms. The molecule has 1 saturated heterocycles. The van der Waals surface area contributed by atoms with Gasteiger partial charge in [0.1, 0.15) is 0 Å². The van der Waals surface area contributed by atoms with Gasteiger partial charge < -0.3 is 9.64 Å². The number of hydrogen-bond acceptors (Lipinski definition) is 5. The summed E-state index contributed by atoms with van der Waals surface area (Å²) >= 11 is 3.19. The van der Waals surface area contributed by atoms with Crippen LogP contribution in [0.25, 0.3) is 10.2 Å². The Kier molecular flexibility index (Phi) is 4.77. The number of likely N-dealkylation sites (tertiary alicyclic amines) is 1. The maximum Gasteiger partial charge on any atom is 0.233 e. The number of benzene rings is 1. The molecule has 0 bridgehead atoms. The fourth-order valence-electron chi connectivity index (χ4n) is 2.47. The van der Waals surface area contributed by atoms with Gasteiger partial charge in [-0.15, -0.1) is 11.3 Å². The molecule has 0 unspecified atom stereocenters. The first kappa shape index (κ1) is 14.8. The Morgan fingerprint density at radius 2 is 2.19 bits per heavy atom. The van der Waals surface area contributed by atoms with Crippen molar-refractivity contribution in [2.45, 2.75) is 23.3 Å². The lowest BCUT2D eigenvalue weighted by atomic mass is 10.1. The SMILES string of the molecule is COC1CCN(C(=O)CSc2nc3ccccc3s2)CC1. The van der Waals surface area contributed by atoms with Crippen molar-refractivity contribution in [1.82, 2.24) is 9.88 Å². The van der Waals surface area contributed by atoms with E-state index in [0.29, 0.717) is 11.9 Å². The first-order valence-corrected chi connectivity index (χ1v) is 8.85. The molecule has 0 aliphatic carbocycles. The number of para-hydroxylation sites is 1. The van der Waals surface area contributed by atoms with E-state index in [4.69, 9.17) is 4.74 Å². The fraction of sp³-hybridized carbons (Fsp3) is 0.467. The van der Waals surface area contributed by atoms with Crippen LogP contribution < -0.4 is 0 Å². The largest absolute Gasteiger partial charge is 0.381 e. The number of fused-ring (bicyclic) bond motifs is 1. The summed E-state index contributed by atoms with van der Waals surface area (Å²) in [5.41, 5.74) is 1.01. The summed E-state index contributed by atoms with van der Waals surface area (Å²) in [6.45, 7) is 1.61. The van der Waals surface area contributed by atoms with E-state index < -0.39 is 0 Å². The number of hydrogen-bond donors (Lipinski definition) is 0. The molecule has 1 aliphatic rings. The van der Waals surface area contributed by atoms with Gasteiger partial charge in [-0.05, 0) is 25.0 Å². The predicted molar refractivity (Wildman–Crippen MR) is 87.0 cm³/mol. The second-order valence-electron chi connectivity index (χ2n) is 5.05. The van der Waals surface area contributed by atoms with Gasteiger partial charge in [-0.1, -0.05) is 23.9 Å².